The van der Waals surface area contributed by atoms with Gasteiger partial charge in [-0.2, -0.15) is 0 Å². The fourth-order valence-electron chi connectivity index (χ4n) is 1.40. The monoisotopic (exact) mass is 242 g/mol. The van der Waals surface area contributed by atoms with Crippen molar-refractivity contribution in [1.82, 2.24) is 0 Å². The first-order valence-corrected chi connectivity index (χ1v) is 4.13. The van der Waals surface area contributed by atoms with Crippen molar-refractivity contribution in [2.45, 2.75) is 0 Å². The molecular weight excluding hydrogens is 228 g/mol. The number of carboxylic acids is 1. The number of phenols is 1. The number of aromatic hydroxyl groups is 1. The van der Waals surface area contributed by atoms with Crippen molar-refractivity contribution in [2.75, 3.05) is 0 Å². The van der Waals surface area contributed by atoms with Gasteiger partial charge in [0, 0.05) is 0 Å². The van der Waals surface area contributed by atoms with E-state index < -0.39 is 5.97 Å². The maximum Gasteiger partial charge on any atom is 0.339 e. The predicted octanol–water partition coefficient (Wildman–Crippen LogP) is -0.230. The lowest BCUT2D eigenvalue weighted by molar-refractivity contribution is 0.0694. The largest absolute Gasteiger partial charge is 0.507 e. The molecule has 0 bridgehead atoms. The third-order valence-corrected chi connectivity index (χ3v) is 2.09. The van der Waals surface area contributed by atoms with Crippen LogP contribution >= 0.6 is 0 Å². The fraction of sp³-hybridized carbons (Fsp3) is 0. The van der Waals surface area contributed by atoms with Crippen LogP contribution in [-0.4, -0.2) is 32.6 Å². The van der Waals surface area contributed by atoms with Crippen molar-refractivity contribution in [3.05, 3.63) is 42.0 Å². The van der Waals surface area contributed by atoms with E-state index >= 15 is 0 Å². The van der Waals surface area contributed by atoms with Crippen molar-refractivity contribution in [3.63, 3.8) is 0 Å². The molecule has 8 N–H and O–H groups in total. The van der Waals surface area contributed by atoms with Crippen LogP contribution in [0.2, 0.25) is 0 Å². The van der Waals surface area contributed by atoms with E-state index in [0.717, 1.165) is 10.8 Å². The molecule has 0 saturated carbocycles. The second-order valence-corrected chi connectivity index (χ2v) is 3.02. The van der Waals surface area contributed by atoms with E-state index in [1.165, 1.54) is 12.1 Å². The van der Waals surface area contributed by atoms with Crippen LogP contribution in [0.15, 0.2) is 36.4 Å². The summed E-state index contributed by atoms with van der Waals surface area (Å²) in [6.45, 7) is 0. The Morgan fingerprint density at radius 3 is 1.88 bits per heavy atom. The molecule has 0 heterocycles. The van der Waals surface area contributed by atoms with Gasteiger partial charge < -0.3 is 26.6 Å². The van der Waals surface area contributed by atoms with Crippen LogP contribution in [0.25, 0.3) is 10.8 Å². The number of benzene rings is 2. The average molecular weight is 242 g/mol. The Bertz CT molecular complexity index is 508. The molecule has 0 aliphatic carbocycles. The summed E-state index contributed by atoms with van der Waals surface area (Å²) >= 11 is 0. The summed E-state index contributed by atoms with van der Waals surface area (Å²) in [4.78, 5) is 10.7. The van der Waals surface area contributed by atoms with E-state index in [1.54, 1.807) is 6.07 Å². The molecule has 0 fully saturated rings. The number of aromatic carboxylic acids is 1. The lowest BCUT2D eigenvalue weighted by Crippen LogP contribution is -1.96. The zero-order chi connectivity index (χ0) is 10.1. The first-order chi connectivity index (χ1) is 6.68. The Hall–Kier alpha value is -2.15. The van der Waals surface area contributed by atoms with E-state index in [1.807, 2.05) is 18.2 Å². The van der Waals surface area contributed by atoms with E-state index in [-0.39, 0.29) is 27.7 Å². The highest BCUT2D eigenvalue weighted by molar-refractivity contribution is 5.97. The van der Waals surface area contributed by atoms with Gasteiger partial charge in [0.1, 0.15) is 11.3 Å². The molecule has 94 valence electrons. The standard InChI is InChI=1S/C11H8O3.3H2O/c12-10-6-8-4-2-1-3-7(8)5-9(10)11(13)14;;;/h1-6,12H,(H,13,14);3*1H2. The molecule has 0 aliphatic rings. The molecule has 17 heavy (non-hydrogen) atoms. The van der Waals surface area contributed by atoms with Gasteiger partial charge in [0.15, 0.2) is 0 Å². The second kappa shape index (κ2) is 6.44. The number of fused-ring (bicyclic) bond motifs is 1. The highest BCUT2D eigenvalue weighted by Crippen LogP contribution is 2.24. The maximum absolute atomic E-state index is 10.7. The molecule has 6 heteroatoms. The summed E-state index contributed by atoms with van der Waals surface area (Å²) < 4.78 is 0. The lowest BCUT2D eigenvalue weighted by atomic mass is 10.1. The normalized spacial score (nSPS) is 8.47. The maximum atomic E-state index is 10.7. The number of carboxylic acid groups (broad SMARTS) is 1. The Balaban J connectivity index is 0. The van der Waals surface area contributed by atoms with E-state index in [2.05, 4.69) is 0 Å². The average Bonchev–Trinajstić information content (AvgIpc) is 2.16. The van der Waals surface area contributed by atoms with Crippen LogP contribution < -0.4 is 0 Å². The first kappa shape index (κ1) is 17.3. The van der Waals surface area contributed by atoms with Gasteiger partial charge in [-0.25, -0.2) is 4.79 Å². The van der Waals surface area contributed by atoms with Crippen molar-refractivity contribution >= 4 is 16.7 Å². The Morgan fingerprint density at radius 1 is 0.941 bits per heavy atom. The minimum atomic E-state index is -1.12. The molecule has 2 rings (SSSR count). The third kappa shape index (κ3) is 3.15. The number of rotatable bonds is 1. The van der Waals surface area contributed by atoms with Gasteiger partial charge in [-0.1, -0.05) is 24.3 Å². The minimum absolute atomic E-state index is 0. The topological polar surface area (TPSA) is 152 Å². The Labute approximate surface area is 96.7 Å². The Morgan fingerprint density at radius 2 is 1.41 bits per heavy atom. The summed E-state index contributed by atoms with van der Waals surface area (Å²) in [6, 6.07) is 10.2. The summed E-state index contributed by atoms with van der Waals surface area (Å²) in [5.74, 6) is -1.32. The number of hydrogen-bond acceptors (Lipinski definition) is 2. The zero-order valence-corrected chi connectivity index (χ0v) is 8.77. The van der Waals surface area contributed by atoms with Crippen LogP contribution in [0, 0.1) is 0 Å². The summed E-state index contributed by atoms with van der Waals surface area (Å²) in [6.07, 6.45) is 0. The molecule has 0 amide bonds. The van der Waals surface area contributed by atoms with Crippen LogP contribution in [0.3, 0.4) is 0 Å². The summed E-state index contributed by atoms with van der Waals surface area (Å²) in [5, 5.41) is 19.8. The summed E-state index contributed by atoms with van der Waals surface area (Å²) in [5.41, 5.74) is -0.0660. The van der Waals surface area contributed by atoms with Gasteiger partial charge in [0.25, 0.3) is 0 Å². The number of carbonyl (C=O) groups is 1. The third-order valence-electron chi connectivity index (χ3n) is 2.09. The van der Waals surface area contributed by atoms with E-state index in [9.17, 15) is 9.90 Å². The number of hydrogen-bond donors (Lipinski definition) is 2. The van der Waals surface area contributed by atoms with Crippen LogP contribution in [0.5, 0.6) is 5.75 Å². The van der Waals surface area contributed by atoms with Crippen molar-refractivity contribution in [1.29, 1.82) is 0 Å². The van der Waals surface area contributed by atoms with Crippen LogP contribution in [-0.2, 0) is 0 Å². The zero-order valence-electron chi connectivity index (χ0n) is 8.77. The van der Waals surface area contributed by atoms with Gasteiger partial charge in [0.2, 0.25) is 0 Å². The molecule has 0 aromatic heterocycles. The van der Waals surface area contributed by atoms with Gasteiger partial charge in [-0.3, -0.25) is 0 Å². The molecule has 6 nitrogen and oxygen atoms in total. The molecule has 0 unspecified atom stereocenters. The van der Waals surface area contributed by atoms with Gasteiger partial charge in [-0.15, -0.1) is 0 Å². The molecule has 0 atom stereocenters. The van der Waals surface area contributed by atoms with Gasteiger partial charge in [-0.05, 0) is 22.9 Å². The molecule has 0 spiro atoms. The molecule has 2 aromatic carbocycles. The lowest BCUT2D eigenvalue weighted by Gasteiger charge is -2.02. The smallest absolute Gasteiger partial charge is 0.339 e. The van der Waals surface area contributed by atoms with E-state index in [0.29, 0.717) is 0 Å². The van der Waals surface area contributed by atoms with Crippen molar-refractivity contribution < 1.29 is 31.4 Å². The van der Waals surface area contributed by atoms with Gasteiger partial charge in [0.05, 0.1) is 0 Å². The fourth-order valence-corrected chi connectivity index (χ4v) is 1.40. The molecular formula is C11H14O6. The minimum Gasteiger partial charge on any atom is -0.507 e. The highest BCUT2D eigenvalue weighted by Gasteiger charge is 2.09. The van der Waals surface area contributed by atoms with Crippen molar-refractivity contribution in [2.24, 2.45) is 0 Å². The van der Waals surface area contributed by atoms with Gasteiger partial charge >= 0.3 is 5.97 Å². The molecule has 0 aliphatic heterocycles. The molecule has 0 saturated heterocycles. The predicted molar refractivity (Wildman–Crippen MR) is 63.4 cm³/mol. The van der Waals surface area contributed by atoms with E-state index in [4.69, 9.17) is 5.11 Å². The Kier molecular flexibility index (Phi) is 6.53. The van der Waals surface area contributed by atoms with Crippen LogP contribution in [0.1, 0.15) is 10.4 Å². The SMILES string of the molecule is O.O.O.O=C(O)c1cc2ccccc2cc1O. The highest BCUT2D eigenvalue weighted by atomic mass is 16.4. The molecule has 2 aromatic rings. The van der Waals surface area contributed by atoms with Crippen LogP contribution in [0.4, 0.5) is 0 Å². The first-order valence-electron chi connectivity index (χ1n) is 4.13. The van der Waals surface area contributed by atoms with Crippen molar-refractivity contribution in [3.8, 4) is 5.75 Å². The quantitative estimate of drug-likeness (QED) is 0.709. The second-order valence-electron chi connectivity index (χ2n) is 3.02. The molecule has 0 radical (unpaired) electrons. The summed E-state index contributed by atoms with van der Waals surface area (Å²) in [7, 11) is 0.